The van der Waals surface area contributed by atoms with Gasteiger partial charge in [-0.2, -0.15) is 4.31 Å². The number of sulfonamides is 1. The Morgan fingerprint density at radius 2 is 1.93 bits per heavy atom. The molecule has 2 aromatic rings. The van der Waals surface area contributed by atoms with Crippen molar-refractivity contribution in [3.05, 3.63) is 39.9 Å². The molecule has 0 spiro atoms. The van der Waals surface area contributed by atoms with Gasteiger partial charge in [0.15, 0.2) is 5.96 Å². The second-order valence-corrected chi connectivity index (χ2v) is 10.3. The van der Waals surface area contributed by atoms with Crippen molar-refractivity contribution in [1.82, 2.24) is 14.9 Å². The zero-order valence-electron chi connectivity index (χ0n) is 16.1. The van der Waals surface area contributed by atoms with Gasteiger partial charge >= 0.3 is 0 Å². The lowest BCUT2D eigenvalue weighted by Gasteiger charge is -2.21. The van der Waals surface area contributed by atoms with Crippen molar-refractivity contribution < 1.29 is 13.5 Å². The summed E-state index contributed by atoms with van der Waals surface area (Å²) in [6, 6.07) is 7.09. The van der Waals surface area contributed by atoms with Crippen molar-refractivity contribution in [2.75, 3.05) is 33.2 Å². The number of rotatable bonds is 9. The fourth-order valence-electron chi connectivity index (χ4n) is 2.25. The van der Waals surface area contributed by atoms with Gasteiger partial charge in [0.05, 0.1) is 6.54 Å². The number of nitrogens with zero attached hydrogens (tertiary/aromatic N) is 2. The number of nitrogens with one attached hydrogen (secondary N) is 2. The van der Waals surface area contributed by atoms with Crippen LogP contribution in [0.1, 0.15) is 18.7 Å². The molecule has 0 fully saturated rings. The molecule has 3 N–H and O–H groups in total. The average Bonchev–Trinajstić information content (AvgIpc) is 3.33. The molecule has 1 atom stereocenters. The number of halogens is 1. The molecule has 0 aromatic carbocycles. The minimum Gasteiger partial charge on any atom is -0.383 e. The Hall–Kier alpha value is -0.730. The van der Waals surface area contributed by atoms with Gasteiger partial charge in [0.1, 0.15) is 9.81 Å². The number of likely N-dealkylation sites (N-methyl/N-ethyl adjacent to an activating group) is 1. The molecular formula is C17H27IN4O3S3. The molecule has 28 heavy (non-hydrogen) atoms. The molecule has 0 saturated heterocycles. The van der Waals surface area contributed by atoms with Crippen LogP contribution in [0.2, 0.25) is 0 Å². The van der Waals surface area contributed by atoms with Crippen LogP contribution in [0.25, 0.3) is 0 Å². The molecule has 7 nitrogen and oxygen atoms in total. The molecule has 11 heteroatoms. The van der Waals surface area contributed by atoms with Gasteiger partial charge in [-0.1, -0.05) is 12.1 Å². The molecule has 0 aliphatic heterocycles. The maximum atomic E-state index is 12.4. The van der Waals surface area contributed by atoms with E-state index >= 15 is 0 Å². The lowest BCUT2D eigenvalue weighted by Crippen LogP contribution is -2.42. The molecule has 2 heterocycles. The molecule has 2 rings (SSSR count). The molecule has 0 radical (unpaired) electrons. The second-order valence-electron chi connectivity index (χ2n) is 6.13. The van der Waals surface area contributed by atoms with Gasteiger partial charge in [-0.25, -0.2) is 13.4 Å². The van der Waals surface area contributed by atoms with E-state index in [4.69, 9.17) is 0 Å². The lowest BCUT2D eigenvalue weighted by molar-refractivity contribution is 0.0711. The van der Waals surface area contributed by atoms with Crippen LogP contribution in [-0.4, -0.2) is 57.0 Å². The van der Waals surface area contributed by atoms with Crippen molar-refractivity contribution in [3.8, 4) is 0 Å². The Balaban J connectivity index is 0.00000392. The third-order valence-electron chi connectivity index (χ3n) is 3.82. The summed E-state index contributed by atoms with van der Waals surface area (Å²) in [6.45, 7) is 5.23. The zero-order chi connectivity index (χ0) is 19.9. The van der Waals surface area contributed by atoms with E-state index in [1.165, 1.54) is 27.0 Å². The quantitative estimate of drug-likeness (QED) is 0.250. The lowest BCUT2D eigenvalue weighted by atomic mass is 10.1. The summed E-state index contributed by atoms with van der Waals surface area (Å²) < 4.78 is 26.5. The fraction of sp³-hybridized carbons (Fsp3) is 0.471. The molecule has 2 aromatic heterocycles. The highest BCUT2D eigenvalue weighted by atomic mass is 127. The topological polar surface area (TPSA) is 94.0 Å². The number of guanidine groups is 1. The minimum absolute atomic E-state index is 0. The SMILES string of the molecule is CCNC(=NCC(C)(O)c1cccs1)NCCN(C)S(=O)(=O)c1cccs1.I. The molecule has 0 bridgehead atoms. The van der Waals surface area contributed by atoms with Crippen molar-refractivity contribution in [2.45, 2.75) is 23.7 Å². The number of thiophene rings is 2. The molecule has 0 saturated carbocycles. The first-order valence-corrected chi connectivity index (χ1v) is 11.8. The summed E-state index contributed by atoms with van der Waals surface area (Å²) in [7, 11) is -1.90. The molecular weight excluding hydrogens is 531 g/mol. The highest BCUT2D eigenvalue weighted by Crippen LogP contribution is 2.25. The van der Waals surface area contributed by atoms with E-state index in [1.807, 2.05) is 24.4 Å². The largest absolute Gasteiger partial charge is 0.383 e. The summed E-state index contributed by atoms with van der Waals surface area (Å²) in [6.07, 6.45) is 0. The van der Waals surface area contributed by atoms with E-state index in [9.17, 15) is 13.5 Å². The predicted molar refractivity (Wildman–Crippen MR) is 127 cm³/mol. The van der Waals surface area contributed by atoms with Crippen LogP contribution in [0.15, 0.2) is 44.2 Å². The Morgan fingerprint density at radius 1 is 1.25 bits per heavy atom. The van der Waals surface area contributed by atoms with Gasteiger partial charge in [-0.15, -0.1) is 46.7 Å². The van der Waals surface area contributed by atoms with E-state index in [0.29, 0.717) is 29.8 Å². The first kappa shape index (κ1) is 25.3. The molecule has 0 amide bonds. The monoisotopic (exact) mass is 558 g/mol. The van der Waals surface area contributed by atoms with Crippen LogP contribution in [0, 0.1) is 0 Å². The van der Waals surface area contributed by atoms with E-state index in [-0.39, 0.29) is 30.5 Å². The number of hydrogen-bond acceptors (Lipinski definition) is 6. The number of aliphatic imine (C=N–C) groups is 1. The van der Waals surface area contributed by atoms with Gasteiger partial charge < -0.3 is 15.7 Å². The zero-order valence-corrected chi connectivity index (χ0v) is 20.9. The highest BCUT2D eigenvalue weighted by molar-refractivity contribution is 14.0. The Bertz CT molecular complexity index is 822. The molecule has 158 valence electrons. The van der Waals surface area contributed by atoms with Crippen molar-refractivity contribution >= 4 is 62.6 Å². The third-order valence-corrected chi connectivity index (χ3v) is 8.17. The van der Waals surface area contributed by atoms with Crippen LogP contribution in [0.3, 0.4) is 0 Å². The van der Waals surface area contributed by atoms with Crippen LogP contribution in [0.5, 0.6) is 0 Å². The molecule has 1 unspecified atom stereocenters. The highest BCUT2D eigenvalue weighted by Gasteiger charge is 2.24. The summed E-state index contributed by atoms with van der Waals surface area (Å²) >= 11 is 2.69. The van der Waals surface area contributed by atoms with Gasteiger partial charge in [-0.05, 0) is 36.7 Å². The number of hydrogen-bond donors (Lipinski definition) is 3. The van der Waals surface area contributed by atoms with Crippen LogP contribution in [0.4, 0.5) is 0 Å². The molecule has 0 aliphatic carbocycles. The maximum absolute atomic E-state index is 12.4. The predicted octanol–water partition coefficient (Wildman–Crippen LogP) is 2.51. The summed E-state index contributed by atoms with van der Waals surface area (Å²) in [4.78, 5) is 5.29. The van der Waals surface area contributed by atoms with E-state index in [1.54, 1.807) is 31.5 Å². The van der Waals surface area contributed by atoms with Crippen LogP contribution < -0.4 is 10.6 Å². The maximum Gasteiger partial charge on any atom is 0.252 e. The standard InChI is InChI=1S/C17H26N4O3S3.HI/c1-4-18-16(20-13-17(2,22)14-7-5-11-25-14)19-9-10-21(3)27(23,24)15-8-6-12-26-15;/h5-8,11-12,22H,4,9-10,13H2,1-3H3,(H2,18,19,20);1H. The Kier molecular flexibility index (Phi) is 10.4. The Morgan fingerprint density at radius 3 is 2.50 bits per heavy atom. The van der Waals surface area contributed by atoms with Crippen LogP contribution in [-0.2, 0) is 15.6 Å². The van der Waals surface area contributed by atoms with Crippen molar-refractivity contribution in [3.63, 3.8) is 0 Å². The summed E-state index contributed by atoms with van der Waals surface area (Å²) in [5, 5.41) is 20.5. The van der Waals surface area contributed by atoms with Gasteiger partial charge in [0.2, 0.25) is 0 Å². The van der Waals surface area contributed by atoms with Gasteiger partial charge in [0.25, 0.3) is 10.0 Å². The van der Waals surface area contributed by atoms with Crippen molar-refractivity contribution in [1.29, 1.82) is 0 Å². The fourth-order valence-corrected chi connectivity index (χ4v) is 5.41. The average molecular weight is 559 g/mol. The minimum atomic E-state index is -3.46. The summed E-state index contributed by atoms with van der Waals surface area (Å²) in [5.41, 5.74) is -1.05. The van der Waals surface area contributed by atoms with E-state index in [0.717, 1.165) is 4.88 Å². The van der Waals surface area contributed by atoms with Crippen molar-refractivity contribution in [2.24, 2.45) is 4.99 Å². The van der Waals surface area contributed by atoms with E-state index < -0.39 is 15.6 Å². The molecule has 0 aliphatic rings. The third kappa shape index (κ3) is 6.95. The normalized spacial score (nSPS) is 14.4. The number of aliphatic hydroxyl groups is 1. The summed E-state index contributed by atoms with van der Waals surface area (Å²) in [5.74, 6) is 0.538. The first-order chi connectivity index (χ1) is 12.8. The van der Waals surface area contributed by atoms with Gasteiger partial charge in [-0.3, -0.25) is 0 Å². The first-order valence-electron chi connectivity index (χ1n) is 8.56. The second kappa shape index (κ2) is 11.5. The van der Waals surface area contributed by atoms with E-state index in [2.05, 4.69) is 15.6 Å². The Labute approximate surface area is 192 Å². The van der Waals surface area contributed by atoms with Crippen LogP contribution >= 0.6 is 46.7 Å². The smallest absolute Gasteiger partial charge is 0.252 e. The van der Waals surface area contributed by atoms with Gasteiger partial charge in [0, 0.05) is 31.6 Å².